The monoisotopic (exact) mass is 402 g/mol. The molecule has 0 unspecified atom stereocenters. The van der Waals surface area contributed by atoms with E-state index in [-0.39, 0.29) is 17.7 Å². The molecule has 0 aliphatic carbocycles. The van der Waals surface area contributed by atoms with Gasteiger partial charge in [-0.25, -0.2) is 4.68 Å². The molecule has 0 atom stereocenters. The predicted octanol–water partition coefficient (Wildman–Crippen LogP) is 3.48. The van der Waals surface area contributed by atoms with Crippen LogP contribution in [0, 0.1) is 5.92 Å². The van der Waals surface area contributed by atoms with Gasteiger partial charge in [0.05, 0.1) is 17.6 Å². The first-order chi connectivity index (χ1) is 14.5. The Hall–Kier alpha value is -3.41. The molecule has 1 aliphatic rings. The minimum Gasteiger partial charge on any atom is -0.339 e. The third kappa shape index (κ3) is 3.99. The molecule has 2 amide bonds. The number of carbonyl (C=O) groups excluding carboxylic acids is 2. The Labute approximate surface area is 176 Å². The molecule has 2 heterocycles. The molecule has 1 aliphatic heterocycles. The van der Waals surface area contributed by atoms with Crippen molar-refractivity contribution in [2.75, 3.05) is 26.2 Å². The highest BCUT2D eigenvalue weighted by atomic mass is 16.2. The second-order valence-corrected chi connectivity index (χ2v) is 7.82. The van der Waals surface area contributed by atoms with Crippen LogP contribution in [0.25, 0.3) is 16.9 Å². The van der Waals surface area contributed by atoms with Crippen molar-refractivity contribution in [3.63, 3.8) is 0 Å². The Bertz CT molecular complexity index is 1030. The number of benzene rings is 2. The largest absolute Gasteiger partial charge is 0.339 e. The minimum atomic E-state index is -0.0168. The molecule has 1 saturated heterocycles. The van der Waals surface area contributed by atoms with Gasteiger partial charge in [-0.2, -0.15) is 5.10 Å². The van der Waals surface area contributed by atoms with E-state index in [2.05, 4.69) is 5.10 Å². The molecule has 0 saturated carbocycles. The van der Waals surface area contributed by atoms with Gasteiger partial charge in [-0.3, -0.25) is 9.59 Å². The Morgan fingerprint density at radius 3 is 2.27 bits per heavy atom. The number of hydrogen-bond donors (Lipinski definition) is 0. The predicted molar refractivity (Wildman–Crippen MR) is 116 cm³/mol. The lowest BCUT2D eigenvalue weighted by Crippen LogP contribution is -2.51. The van der Waals surface area contributed by atoms with Gasteiger partial charge in [0.1, 0.15) is 0 Å². The van der Waals surface area contributed by atoms with Crippen LogP contribution in [0.4, 0.5) is 0 Å². The summed E-state index contributed by atoms with van der Waals surface area (Å²) < 4.78 is 1.85. The summed E-state index contributed by atoms with van der Waals surface area (Å²) in [6, 6.07) is 19.6. The van der Waals surface area contributed by atoms with Gasteiger partial charge in [0.25, 0.3) is 5.91 Å². The molecular weight excluding hydrogens is 376 g/mol. The van der Waals surface area contributed by atoms with Crippen molar-refractivity contribution in [2.45, 2.75) is 13.8 Å². The SMILES string of the molecule is CC(C)C(=O)N1CCN(C(=O)c2cccc(-n3nccc3-c3ccccc3)c2)CC1. The van der Waals surface area contributed by atoms with Crippen LogP contribution < -0.4 is 0 Å². The number of rotatable bonds is 4. The summed E-state index contributed by atoms with van der Waals surface area (Å²) in [6.45, 7) is 6.09. The Kier molecular flexibility index (Phi) is 5.65. The summed E-state index contributed by atoms with van der Waals surface area (Å²) in [6.07, 6.45) is 1.77. The average Bonchev–Trinajstić information content (AvgIpc) is 3.29. The third-order valence-corrected chi connectivity index (χ3v) is 5.42. The first-order valence-electron chi connectivity index (χ1n) is 10.3. The molecule has 154 valence electrons. The zero-order valence-electron chi connectivity index (χ0n) is 17.4. The van der Waals surface area contributed by atoms with Crippen molar-refractivity contribution in [2.24, 2.45) is 5.92 Å². The van der Waals surface area contributed by atoms with Crippen LogP contribution in [0.3, 0.4) is 0 Å². The van der Waals surface area contributed by atoms with Gasteiger partial charge >= 0.3 is 0 Å². The molecular formula is C24H26N4O2. The van der Waals surface area contributed by atoms with Crippen molar-refractivity contribution in [3.8, 4) is 16.9 Å². The summed E-state index contributed by atoms with van der Waals surface area (Å²) in [7, 11) is 0. The van der Waals surface area contributed by atoms with Crippen molar-refractivity contribution in [1.82, 2.24) is 19.6 Å². The molecule has 0 bridgehead atoms. The summed E-state index contributed by atoms with van der Waals surface area (Å²) in [5, 5.41) is 4.47. The first-order valence-corrected chi connectivity index (χ1v) is 10.3. The zero-order chi connectivity index (χ0) is 21.1. The van der Waals surface area contributed by atoms with E-state index in [0.717, 1.165) is 16.9 Å². The van der Waals surface area contributed by atoms with Crippen LogP contribution in [0.1, 0.15) is 24.2 Å². The number of carbonyl (C=O) groups is 2. The molecule has 6 nitrogen and oxygen atoms in total. The molecule has 2 aromatic carbocycles. The highest BCUT2D eigenvalue weighted by Crippen LogP contribution is 2.23. The standard InChI is InChI=1S/C24H26N4O2/c1-18(2)23(29)26-13-15-27(16-14-26)24(30)20-9-6-10-21(17-20)28-22(11-12-25-28)19-7-4-3-5-8-19/h3-12,17-18H,13-16H2,1-2H3. The van der Waals surface area contributed by atoms with Crippen LogP contribution in [0.5, 0.6) is 0 Å². The van der Waals surface area contributed by atoms with Gasteiger partial charge in [-0.1, -0.05) is 50.2 Å². The van der Waals surface area contributed by atoms with E-state index in [4.69, 9.17) is 0 Å². The molecule has 3 aromatic rings. The highest BCUT2D eigenvalue weighted by molar-refractivity contribution is 5.95. The topological polar surface area (TPSA) is 58.4 Å². The molecule has 6 heteroatoms. The molecule has 30 heavy (non-hydrogen) atoms. The lowest BCUT2D eigenvalue weighted by atomic mass is 10.1. The van der Waals surface area contributed by atoms with Gasteiger partial charge in [0.15, 0.2) is 0 Å². The second kappa shape index (κ2) is 8.53. The fraction of sp³-hybridized carbons (Fsp3) is 0.292. The smallest absolute Gasteiger partial charge is 0.254 e. The van der Waals surface area contributed by atoms with E-state index in [1.165, 1.54) is 0 Å². The molecule has 0 spiro atoms. The van der Waals surface area contributed by atoms with E-state index < -0.39 is 0 Å². The van der Waals surface area contributed by atoms with Gasteiger partial charge in [-0.05, 0) is 24.3 Å². The summed E-state index contributed by atoms with van der Waals surface area (Å²) in [5.74, 6) is 0.120. The molecule has 1 fully saturated rings. The van der Waals surface area contributed by atoms with Crippen LogP contribution in [-0.4, -0.2) is 57.6 Å². The lowest BCUT2D eigenvalue weighted by Gasteiger charge is -2.35. The van der Waals surface area contributed by atoms with Crippen LogP contribution in [0.15, 0.2) is 66.9 Å². The quantitative estimate of drug-likeness (QED) is 0.671. The van der Waals surface area contributed by atoms with Crippen LogP contribution >= 0.6 is 0 Å². The summed E-state index contributed by atoms with van der Waals surface area (Å²) in [5.41, 5.74) is 3.52. The fourth-order valence-electron chi connectivity index (χ4n) is 3.78. The average molecular weight is 402 g/mol. The second-order valence-electron chi connectivity index (χ2n) is 7.82. The van der Waals surface area contributed by atoms with Crippen LogP contribution in [-0.2, 0) is 4.79 Å². The maximum atomic E-state index is 13.1. The number of hydrogen-bond acceptors (Lipinski definition) is 3. The highest BCUT2D eigenvalue weighted by Gasteiger charge is 2.26. The third-order valence-electron chi connectivity index (χ3n) is 5.42. The summed E-state index contributed by atoms with van der Waals surface area (Å²) >= 11 is 0. The van der Waals surface area contributed by atoms with Crippen LogP contribution in [0.2, 0.25) is 0 Å². The molecule has 4 rings (SSSR count). The first kappa shape index (κ1) is 19.9. The maximum Gasteiger partial charge on any atom is 0.254 e. The maximum absolute atomic E-state index is 13.1. The number of piperazine rings is 1. The van der Waals surface area contributed by atoms with Gasteiger partial charge < -0.3 is 9.80 Å². The zero-order valence-corrected chi connectivity index (χ0v) is 17.4. The molecule has 1 aromatic heterocycles. The number of nitrogens with zero attached hydrogens (tertiary/aromatic N) is 4. The number of aromatic nitrogens is 2. The Morgan fingerprint density at radius 1 is 0.867 bits per heavy atom. The van der Waals surface area contributed by atoms with E-state index >= 15 is 0 Å². The van der Waals surface area contributed by atoms with E-state index in [0.29, 0.717) is 31.7 Å². The molecule has 0 N–H and O–H groups in total. The van der Waals surface area contributed by atoms with Gasteiger partial charge in [0, 0.05) is 43.2 Å². The molecule has 0 radical (unpaired) electrons. The Balaban J connectivity index is 1.52. The van der Waals surface area contributed by atoms with Crippen molar-refractivity contribution < 1.29 is 9.59 Å². The lowest BCUT2D eigenvalue weighted by molar-refractivity contribution is -0.135. The van der Waals surface area contributed by atoms with Gasteiger partial charge in [-0.15, -0.1) is 0 Å². The van der Waals surface area contributed by atoms with E-state index in [9.17, 15) is 9.59 Å². The number of amides is 2. The Morgan fingerprint density at radius 2 is 1.57 bits per heavy atom. The fourth-order valence-corrected chi connectivity index (χ4v) is 3.78. The minimum absolute atomic E-state index is 0.0121. The van der Waals surface area contributed by atoms with Crippen molar-refractivity contribution in [1.29, 1.82) is 0 Å². The normalized spacial score (nSPS) is 14.2. The summed E-state index contributed by atoms with van der Waals surface area (Å²) in [4.78, 5) is 28.9. The van der Waals surface area contributed by atoms with Crippen molar-refractivity contribution in [3.05, 3.63) is 72.4 Å². The van der Waals surface area contributed by atoms with Gasteiger partial charge in [0.2, 0.25) is 5.91 Å². The van der Waals surface area contributed by atoms with E-state index in [1.807, 2.05) is 89.0 Å². The van der Waals surface area contributed by atoms with Crippen molar-refractivity contribution >= 4 is 11.8 Å². The van der Waals surface area contributed by atoms with E-state index in [1.54, 1.807) is 6.20 Å².